The van der Waals surface area contributed by atoms with Crippen molar-refractivity contribution >= 4 is 15.7 Å². The largest absolute Gasteiger partial charge is 0.383 e. The van der Waals surface area contributed by atoms with E-state index in [0.29, 0.717) is 26.4 Å². The Kier molecular flexibility index (Phi) is 6.94. The number of methoxy groups -OCH3 is 1. The first-order chi connectivity index (χ1) is 9.48. The molecular weight excluding hydrogens is 280 g/mol. The molecule has 0 spiro atoms. The van der Waals surface area contributed by atoms with Gasteiger partial charge in [0.05, 0.1) is 24.7 Å². The molecule has 114 valence electrons. The molecule has 1 rings (SSSR count). The number of hydrogen-bond donors (Lipinski definition) is 1. The molecule has 0 unspecified atom stereocenters. The third-order valence-electron chi connectivity index (χ3n) is 2.64. The smallest absolute Gasteiger partial charge is 0.242 e. The molecule has 0 aliphatic rings. The van der Waals surface area contributed by atoms with E-state index in [2.05, 4.69) is 5.32 Å². The van der Waals surface area contributed by atoms with E-state index in [9.17, 15) is 8.42 Å². The minimum absolute atomic E-state index is 0.282. The maximum Gasteiger partial charge on any atom is 0.242 e. The van der Waals surface area contributed by atoms with Crippen molar-refractivity contribution in [3.63, 3.8) is 0 Å². The minimum Gasteiger partial charge on any atom is -0.383 e. The Labute approximate surface area is 120 Å². The van der Waals surface area contributed by atoms with Crippen LogP contribution in [0.5, 0.6) is 0 Å². The Morgan fingerprint density at radius 3 is 2.30 bits per heavy atom. The van der Waals surface area contributed by atoms with Gasteiger partial charge in [-0.2, -0.15) is 0 Å². The third kappa shape index (κ3) is 5.09. The highest BCUT2D eigenvalue weighted by Crippen LogP contribution is 2.16. The molecule has 20 heavy (non-hydrogen) atoms. The van der Waals surface area contributed by atoms with Crippen LogP contribution < -0.4 is 5.32 Å². The maximum absolute atomic E-state index is 11.9. The number of benzene rings is 1. The number of hydrogen-bond acceptors (Lipinski definition) is 5. The van der Waals surface area contributed by atoms with Gasteiger partial charge in [0.25, 0.3) is 0 Å². The van der Waals surface area contributed by atoms with Crippen molar-refractivity contribution in [3.05, 3.63) is 24.3 Å². The van der Waals surface area contributed by atoms with Crippen LogP contribution in [-0.4, -0.2) is 60.3 Å². The Hall–Kier alpha value is -1.15. The Morgan fingerprint density at radius 2 is 1.75 bits per heavy atom. The van der Waals surface area contributed by atoms with Crippen LogP contribution in [0.25, 0.3) is 0 Å². The van der Waals surface area contributed by atoms with E-state index in [1.54, 1.807) is 31.4 Å². The van der Waals surface area contributed by atoms with Crippen LogP contribution in [0.15, 0.2) is 29.2 Å². The summed E-state index contributed by atoms with van der Waals surface area (Å²) in [5.74, 6) is 0. The highest BCUT2D eigenvalue weighted by atomic mass is 32.2. The molecule has 0 amide bonds. The van der Waals surface area contributed by atoms with Gasteiger partial charge in [0.15, 0.2) is 0 Å². The van der Waals surface area contributed by atoms with Gasteiger partial charge in [-0.1, -0.05) is 0 Å². The monoisotopic (exact) mass is 302 g/mol. The van der Waals surface area contributed by atoms with Crippen molar-refractivity contribution in [2.45, 2.75) is 4.90 Å². The number of anilines is 1. The van der Waals surface area contributed by atoms with Gasteiger partial charge >= 0.3 is 0 Å². The van der Waals surface area contributed by atoms with Gasteiger partial charge in [-0.15, -0.1) is 0 Å². The van der Waals surface area contributed by atoms with Crippen LogP contribution in [0, 0.1) is 0 Å². The summed E-state index contributed by atoms with van der Waals surface area (Å²) in [4.78, 5) is 0.282. The Morgan fingerprint density at radius 1 is 1.10 bits per heavy atom. The topological polar surface area (TPSA) is 67.9 Å². The fourth-order valence-electron chi connectivity index (χ4n) is 1.47. The lowest BCUT2D eigenvalue weighted by molar-refractivity contribution is 0.0759. The molecule has 0 aliphatic heterocycles. The first-order valence-electron chi connectivity index (χ1n) is 6.31. The summed E-state index contributed by atoms with van der Waals surface area (Å²) in [5.41, 5.74) is 0.859. The van der Waals surface area contributed by atoms with Crippen molar-refractivity contribution < 1.29 is 17.9 Å². The van der Waals surface area contributed by atoms with Crippen LogP contribution >= 0.6 is 0 Å². The van der Waals surface area contributed by atoms with Gasteiger partial charge in [-0.3, -0.25) is 0 Å². The predicted molar refractivity (Wildman–Crippen MR) is 78.5 cm³/mol. The lowest BCUT2D eigenvalue weighted by Crippen LogP contribution is -2.22. The number of ether oxygens (including phenoxy) is 2. The van der Waals surface area contributed by atoms with Crippen molar-refractivity contribution in [3.8, 4) is 0 Å². The Bertz CT molecular complexity index is 486. The summed E-state index contributed by atoms with van der Waals surface area (Å²) < 4.78 is 35.1. The van der Waals surface area contributed by atoms with Gasteiger partial charge in [-0.25, -0.2) is 12.7 Å². The molecule has 1 aromatic carbocycles. The summed E-state index contributed by atoms with van der Waals surface area (Å²) in [6.07, 6.45) is 0. The van der Waals surface area contributed by atoms with Crippen LogP contribution in [0.1, 0.15) is 0 Å². The van der Waals surface area contributed by atoms with E-state index in [1.807, 2.05) is 0 Å². The standard InChI is InChI=1S/C13H22N2O4S/c1-15(2)20(16,17)13-6-4-12(5-7-13)14-8-9-19-11-10-18-3/h4-7,14H,8-11H2,1-3H3. The SMILES string of the molecule is COCCOCCNc1ccc(S(=O)(=O)N(C)C)cc1. The highest BCUT2D eigenvalue weighted by molar-refractivity contribution is 7.89. The molecule has 0 bridgehead atoms. The number of rotatable bonds is 9. The molecule has 6 nitrogen and oxygen atoms in total. The van der Waals surface area contributed by atoms with Crippen LogP contribution in [0.4, 0.5) is 5.69 Å². The van der Waals surface area contributed by atoms with E-state index in [1.165, 1.54) is 18.4 Å². The fraction of sp³-hybridized carbons (Fsp3) is 0.538. The lowest BCUT2D eigenvalue weighted by atomic mass is 10.3. The van der Waals surface area contributed by atoms with E-state index < -0.39 is 10.0 Å². The molecule has 0 saturated carbocycles. The molecule has 1 aromatic rings. The second-order valence-corrected chi connectivity index (χ2v) is 6.50. The first-order valence-corrected chi connectivity index (χ1v) is 7.75. The summed E-state index contributed by atoms with van der Waals surface area (Å²) in [7, 11) is 1.29. The zero-order valence-corrected chi connectivity index (χ0v) is 12.9. The van der Waals surface area contributed by atoms with E-state index in [0.717, 1.165) is 5.69 Å². The zero-order valence-electron chi connectivity index (χ0n) is 12.1. The summed E-state index contributed by atoms with van der Waals surface area (Å²) >= 11 is 0. The average molecular weight is 302 g/mol. The molecule has 7 heteroatoms. The Balaban J connectivity index is 2.44. The third-order valence-corrected chi connectivity index (χ3v) is 4.47. The van der Waals surface area contributed by atoms with Crippen molar-refractivity contribution in [1.82, 2.24) is 4.31 Å². The second-order valence-electron chi connectivity index (χ2n) is 4.34. The molecule has 0 fully saturated rings. The second kappa shape index (κ2) is 8.21. The first kappa shape index (κ1) is 16.9. The molecule has 0 aromatic heterocycles. The highest BCUT2D eigenvalue weighted by Gasteiger charge is 2.16. The van der Waals surface area contributed by atoms with Crippen molar-refractivity contribution in [2.75, 3.05) is 52.9 Å². The van der Waals surface area contributed by atoms with Gasteiger partial charge in [-0.05, 0) is 24.3 Å². The fourth-order valence-corrected chi connectivity index (χ4v) is 2.37. The van der Waals surface area contributed by atoms with Crippen molar-refractivity contribution in [1.29, 1.82) is 0 Å². The van der Waals surface area contributed by atoms with Crippen LogP contribution in [-0.2, 0) is 19.5 Å². The lowest BCUT2D eigenvalue weighted by Gasteiger charge is -2.12. The predicted octanol–water partition coefficient (Wildman–Crippen LogP) is 1.01. The van der Waals surface area contributed by atoms with Gasteiger partial charge in [0.2, 0.25) is 10.0 Å². The van der Waals surface area contributed by atoms with Gasteiger partial charge < -0.3 is 14.8 Å². The summed E-state index contributed by atoms with van der Waals surface area (Å²) in [6.45, 7) is 2.37. The van der Waals surface area contributed by atoms with Crippen LogP contribution in [0.3, 0.4) is 0 Å². The summed E-state index contributed by atoms with van der Waals surface area (Å²) in [6, 6.07) is 6.66. The number of nitrogens with one attached hydrogen (secondary N) is 1. The number of nitrogens with zero attached hydrogens (tertiary/aromatic N) is 1. The van der Waals surface area contributed by atoms with Gasteiger partial charge in [0.1, 0.15) is 0 Å². The molecular formula is C13H22N2O4S. The molecule has 0 radical (unpaired) electrons. The quantitative estimate of drug-likeness (QED) is 0.690. The average Bonchev–Trinajstić information content (AvgIpc) is 2.43. The summed E-state index contributed by atoms with van der Waals surface area (Å²) in [5, 5.41) is 3.16. The van der Waals surface area contributed by atoms with E-state index in [4.69, 9.17) is 9.47 Å². The van der Waals surface area contributed by atoms with Crippen LogP contribution in [0.2, 0.25) is 0 Å². The van der Waals surface area contributed by atoms with E-state index >= 15 is 0 Å². The van der Waals surface area contributed by atoms with Gasteiger partial charge in [0, 0.05) is 33.4 Å². The normalized spacial score (nSPS) is 11.8. The maximum atomic E-state index is 11.9. The molecule has 0 heterocycles. The molecule has 0 saturated heterocycles. The zero-order chi connectivity index (χ0) is 15.0. The number of sulfonamides is 1. The minimum atomic E-state index is -3.36. The molecule has 0 aliphatic carbocycles. The molecule has 1 N–H and O–H groups in total. The van der Waals surface area contributed by atoms with E-state index in [-0.39, 0.29) is 4.90 Å². The van der Waals surface area contributed by atoms with Crippen molar-refractivity contribution in [2.24, 2.45) is 0 Å². The molecule has 0 atom stereocenters.